The third kappa shape index (κ3) is 3.06. The van der Waals surface area contributed by atoms with Crippen LogP contribution in [0.15, 0.2) is 40.9 Å². The number of hydrogen-bond donors (Lipinski definition) is 3. The fourth-order valence-corrected chi connectivity index (χ4v) is 3.05. The second-order valence-electron chi connectivity index (χ2n) is 4.93. The minimum atomic E-state index is -0.441. The van der Waals surface area contributed by atoms with Crippen molar-refractivity contribution in [3.05, 3.63) is 52.6 Å². The van der Waals surface area contributed by atoms with Crippen LogP contribution in [0.5, 0.6) is 0 Å². The van der Waals surface area contributed by atoms with Crippen molar-refractivity contribution in [3.8, 4) is 6.07 Å². The number of amides is 1. The smallest absolute Gasteiger partial charge is 0.269 e. The predicted molar refractivity (Wildman–Crippen MR) is 92.4 cm³/mol. The molecule has 4 N–H and O–H groups in total. The highest BCUT2D eigenvalue weighted by Gasteiger charge is 2.22. The fourth-order valence-electron chi connectivity index (χ4n) is 2.06. The van der Waals surface area contributed by atoms with Crippen molar-refractivity contribution in [2.45, 2.75) is 6.92 Å². The van der Waals surface area contributed by atoms with Crippen LogP contribution < -0.4 is 16.4 Å². The van der Waals surface area contributed by atoms with Crippen LogP contribution in [0.1, 0.15) is 21.0 Å². The van der Waals surface area contributed by atoms with Gasteiger partial charge in [0, 0.05) is 11.8 Å². The van der Waals surface area contributed by atoms with Crippen LogP contribution in [0.3, 0.4) is 0 Å². The van der Waals surface area contributed by atoms with E-state index in [-0.39, 0.29) is 16.1 Å². The van der Waals surface area contributed by atoms with E-state index >= 15 is 0 Å². The summed E-state index contributed by atoms with van der Waals surface area (Å²) in [4.78, 5) is 12.6. The molecule has 1 amide bonds. The van der Waals surface area contributed by atoms with E-state index in [0.29, 0.717) is 16.6 Å². The number of thiophene rings is 1. The summed E-state index contributed by atoms with van der Waals surface area (Å²) < 4.78 is 4.90. The number of nitrogen functional groups attached to an aromatic ring is 1. The van der Waals surface area contributed by atoms with Gasteiger partial charge in [-0.2, -0.15) is 5.26 Å². The summed E-state index contributed by atoms with van der Waals surface area (Å²) in [6.45, 7) is 1.72. The number of benzene rings is 1. The summed E-state index contributed by atoms with van der Waals surface area (Å²) in [6.07, 6.45) is 0. The summed E-state index contributed by atoms with van der Waals surface area (Å²) in [5.74, 6) is 0.429. The van der Waals surface area contributed by atoms with Crippen LogP contribution in [0, 0.1) is 18.3 Å². The van der Waals surface area contributed by atoms with Crippen LogP contribution in [0.2, 0.25) is 0 Å². The lowest BCUT2D eigenvalue weighted by molar-refractivity contribution is 0.103. The number of aromatic nitrogens is 1. The second-order valence-corrected chi connectivity index (χ2v) is 5.95. The Morgan fingerprint density at radius 2 is 2.12 bits per heavy atom. The molecule has 0 fully saturated rings. The molecule has 0 saturated heterocycles. The van der Waals surface area contributed by atoms with Gasteiger partial charge in [-0.15, -0.1) is 11.3 Å². The molecule has 0 bridgehead atoms. The number of hydrogen-bond acceptors (Lipinski definition) is 7. The number of nitrogens with one attached hydrogen (secondary N) is 2. The first-order valence-electron chi connectivity index (χ1n) is 6.97. The van der Waals surface area contributed by atoms with Crippen LogP contribution in [0.25, 0.3) is 0 Å². The summed E-state index contributed by atoms with van der Waals surface area (Å²) in [5.41, 5.74) is 7.15. The number of carbonyl (C=O) groups excluding carboxylic acids is 1. The maximum atomic E-state index is 12.4. The second kappa shape index (κ2) is 6.44. The number of nitrogens with two attached hydrogens (primary N) is 1. The minimum absolute atomic E-state index is 0.138. The highest BCUT2D eigenvalue weighted by atomic mass is 32.1. The molecule has 7 nitrogen and oxygen atoms in total. The average molecular weight is 339 g/mol. The molecule has 0 atom stereocenters. The third-order valence-corrected chi connectivity index (χ3v) is 4.28. The van der Waals surface area contributed by atoms with Gasteiger partial charge in [-0.1, -0.05) is 23.4 Å². The monoisotopic (exact) mass is 339 g/mol. The molecular weight excluding hydrogens is 326 g/mol. The number of rotatable bonds is 4. The van der Waals surface area contributed by atoms with Gasteiger partial charge in [0.2, 0.25) is 0 Å². The molecule has 0 aliphatic rings. The van der Waals surface area contributed by atoms with E-state index in [2.05, 4.69) is 15.8 Å². The SMILES string of the molecule is Cc1cc(NC(=O)c2sc(Nc3ccccc3)c(C#N)c2N)no1. The Morgan fingerprint density at radius 3 is 2.75 bits per heavy atom. The number of anilines is 4. The highest BCUT2D eigenvalue weighted by Crippen LogP contribution is 2.37. The Kier molecular flexibility index (Phi) is 4.18. The lowest BCUT2D eigenvalue weighted by Gasteiger charge is -2.03. The van der Waals surface area contributed by atoms with Gasteiger partial charge in [0.25, 0.3) is 5.91 Å². The highest BCUT2D eigenvalue weighted by molar-refractivity contribution is 7.19. The molecule has 0 aliphatic carbocycles. The quantitative estimate of drug-likeness (QED) is 0.670. The summed E-state index contributed by atoms with van der Waals surface area (Å²) in [7, 11) is 0. The minimum Gasteiger partial charge on any atom is -0.396 e. The Balaban J connectivity index is 1.89. The number of carbonyl (C=O) groups is 1. The van der Waals surface area contributed by atoms with E-state index in [1.165, 1.54) is 0 Å². The zero-order valence-corrected chi connectivity index (χ0v) is 13.5. The molecule has 0 saturated carbocycles. The van der Waals surface area contributed by atoms with Gasteiger partial charge in [0.1, 0.15) is 27.3 Å². The average Bonchev–Trinajstić information content (AvgIpc) is 3.11. The summed E-state index contributed by atoms with van der Waals surface area (Å²) in [6, 6.07) is 13.0. The number of para-hydroxylation sites is 1. The Morgan fingerprint density at radius 1 is 1.38 bits per heavy atom. The topological polar surface area (TPSA) is 117 Å². The number of nitrogens with zero attached hydrogens (tertiary/aromatic N) is 2. The standard InChI is InChI=1S/C16H13N5O2S/c1-9-7-12(21-23-9)20-15(22)14-13(18)11(8-17)16(24-14)19-10-5-3-2-4-6-10/h2-7,19H,18H2,1H3,(H,20,21,22). The van der Waals surface area contributed by atoms with Gasteiger partial charge in [-0.05, 0) is 19.1 Å². The van der Waals surface area contributed by atoms with Gasteiger partial charge in [-0.25, -0.2) is 0 Å². The molecule has 0 aliphatic heterocycles. The molecule has 24 heavy (non-hydrogen) atoms. The van der Waals surface area contributed by atoms with Crippen LogP contribution in [-0.2, 0) is 0 Å². The molecule has 120 valence electrons. The van der Waals surface area contributed by atoms with Gasteiger partial charge in [-0.3, -0.25) is 4.79 Å². The Labute approximate surface area is 141 Å². The van der Waals surface area contributed by atoms with Crippen molar-refractivity contribution in [3.63, 3.8) is 0 Å². The summed E-state index contributed by atoms with van der Waals surface area (Å²) >= 11 is 1.11. The van der Waals surface area contributed by atoms with E-state index in [9.17, 15) is 10.1 Å². The van der Waals surface area contributed by atoms with Gasteiger partial charge >= 0.3 is 0 Å². The van der Waals surface area contributed by atoms with E-state index in [1.54, 1.807) is 13.0 Å². The van der Waals surface area contributed by atoms with E-state index in [1.807, 2.05) is 36.4 Å². The number of nitriles is 1. The Bertz CT molecular complexity index is 924. The van der Waals surface area contributed by atoms with Crippen molar-refractivity contribution < 1.29 is 9.32 Å². The Hall–Kier alpha value is -3.31. The lowest BCUT2D eigenvalue weighted by atomic mass is 10.2. The fraction of sp³-hybridized carbons (Fsp3) is 0.0625. The largest absolute Gasteiger partial charge is 0.396 e. The van der Waals surface area contributed by atoms with Crippen molar-refractivity contribution in [2.24, 2.45) is 0 Å². The first-order valence-corrected chi connectivity index (χ1v) is 7.79. The zero-order chi connectivity index (χ0) is 17.1. The zero-order valence-electron chi connectivity index (χ0n) is 12.7. The van der Waals surface area contributed by atoms with Crippen molar-refractivity contribution in [2.75, 3.05) is 16.4 Å². The normalized spacial score (nSPS) is 10.2. The van der Waals surface area contributed by atoms with Crippen LogP contribution >= 0.6 is 11.3 Å². The molecule has 8 heteroatoms. The molecule has 3 aromatic rings. The molecule has 3 rings (SSSR count). The molecule has 0 radical (unpaired) electrons. The van der Waals surface area contributed by atoms with Gasteiger partial charge in [0.15, 0.2) is 5.82 Å². The molecular formula is C16H13N5O2S. The first-order chi connectivity index (χ1) is 11.6. The molecule has 2 heterocycles. The molecule has 0 unspecified atom stereocenters. The van der Waals surface area contributed by atoms with Crippen molar-refractivity contribution in [1.82, 2.24) is 5.16 Å². The summed E-state index contributed by atoms with van der Waals surface area (Å²) in [5, 5.41) is 19.3. The predicted octanol–water partition coefficient (Wildman–Crippen LogP) is 3.49. The van der Waals surface area contributed by atoms with E-state index < -0.39 is 5.91 Å². The lowest BCUT2D eigenvalue weighted by Crippen LogP contribution is -2.12. The van der Waals surface area contributed by atoms with Gasteiger partial charge < -0.3 is 20.9 Å². The molecule has 2 aromatic heterocycles. The van der Waals surface area contributed by atoms with Gasteiger partial charge in [0.05, 0.1) is 5.69 Å². The number of aryl methyl sites for hydroxylation is 1. The molecule has 0 spiro atoms. The van der Waals surface area contributed by atoms with Crippen molar-refractivity contribution in [1.29, 1.82) is 5.26 Å². The maximum Gasteiger partial charge on any atom is 0.269 e. The van der Waals surface area contributed by atoms with E-state index in [4.69, 9.17) is 10.3 Å². The first kappa shape index (κ1) is 15.6. The van der Waals surface area contributed by atoms with Crippen molar-refractivity contribution >= 4 is 39.4 Å². The van der Waals surface area contributed by atoms with E-state index in [0.717, 1.165) is 17.0 Å². The molecule has 1 aromatic carbocycles. The third-order valence-electron chi connectivity index (χ3n) is 3.16. The van der Waals surface area contributed by atoms with Crippen LogP contribution in [-0.4, -0.2) is 11.1 Å². The van der Waals surface area contributed by atoms with Crippen LogP contribution in [0.4, 0.5) is 22.2 Å². The maximum absolute atomic E-state index is 12.4.